The number of halogens is 1. The Morgan fingerprint density at radius 1 is 1.25 bits per heavy atom. The van der Waals surface area contributed by atoms with Crippen molar-refractivity contribution in [1.82, 2.24) is 0 Å². The minimum atomic E-state index is 0.112. The number of anilines is 1. The number of hydrogen-bond acceptors (Lipinski definition) is 4. The van der Waals surface area contributed by atoms with E-state index in [2.05, 4.69) is 26.9 Å². The third kappa shape index (κ3) is 2.83. The summed E-state index contributed by atoms with van der Waals surface area (Å²) in [6.07, 6.45) is 2.51. The Labute approximate surface area is 127 Å². The molecular weight excluding hydrogens is 320 g/mol. The first kappa shape index (κ1) is 13.9. The van der Waals surface area contributed by atoms with Gasteiger partial charge >= 0.3 is 0 Å². The molecule has 3 rings (SSSR count). The number of benzene rings is 1. The van der Waals surface area contributed by atoms with Crippen LogP contribution in [0.2, 0.25) is 0 Å². The van der Waals surface area contributed by atoms with E-state index in [4.69, 9.17) is 9.47 Å². The summed E-state index contributed by atoms with van der Waals surface area (Å²) in [5, 5.41) is 9.30. The van der Waals surface area contributed by atoms with Crippen LogP contribution in [0.3, 0.4) is 0 Å². The van der Waals surface area contributed by atoms with Gasteiger partial charge in [0.1, 0.15) is 12.2 Å². The molecule has 2 unspecified atom stereocenters. The molecule has 0 radical (unpaired) electrons. The fraction of sp³-hybridized carbons (Fsp3) is 0.533. The number of nitriles is 1. The van der Waals surface area contributed by atoms with Gasteiger partial charge in [-0.25, -0.2) is 0 Å². The van der Waals surface area contributed by atoms with Gasteiger partial charge in [0.2, 0.25) is 0 Å². The number of ether oxygens (including phenoxy) is 2. The van der Waals surface area contributed by atoms with Crippen molar-refractivity contribution in [3.05, 3.63) is 28.2 Å². The zero-order valence-corrected chi connectivity index (χ0v) is 12.8. The topological polar surface area (TPSA) is 45.5 Å². The maximum absolute atomic E-state index is 9.30. The van der Waals surface area contributed by atoms with E-state index in [1.54, 1.807) is 0 Å². The zero-order valence-electron chi connectivity index (χ0n) is 11.2. The standard InChI is InChI=1S/C15H17BrN2O2/c16-12-3-4-13(11(8-12)9-17)18-5-7-20-15(10-18)14-2-1-6-19-14/h3-4,8,14-15H,1-2,5-7,10H2. The van der Waals surface area contributed by atoms with Gasteiger partial charge in [-0.05, 0) is 31.0 Å². The lowest BCUT2D eigenvalue weighted by Crippen LogP contribution is -2.47. The summed E-state index contributed by atoms with van der Waals surface area (Å²) in [4.78, 5) is 2.24. The lowest BCUT2D eigenvalue weighted by Gasteiger charge is -2.37. The van der Waals surface area contributed by atoms with Gasteiger partial charge in [0.05, 0.1) is 24.0 Å². The highest BCUT2D eigenvalue weighted by molar-refractivity contribution is 9.10. The summed E-state index contributed by atoms with van der Waals surface area (Å²) >= 11 is 3.41. The quantitative estimate of drug-likeness (QED) is 0.832. The average molecular weight is 337 g/mol. The first-order valence-corrected chi connectivity index (χ1v) is 7.75. The van der Waals surface area contributed by atoms with Crippen LogP contribution < -0.4 is 4.90 Å². The predicted octanol–water partition coefficient (Wildman–Crippen LogP) is 2.70. The fourth-order valence-electron chi connectivity index (χ4n) is 2.89. The van der Waals surface area contributed by atoms with E-state index in [-0.39, 0.29) is 12.2 Å². The number of nitrogens with zero attached hydrogens (tertiary/aromatic N) is 2. The lowest BCUT2D eigenvalue weighted by atomic mass is 10.1. The summed E-state index contributed by atoms with van der Waals surface area (Å²) in [7, 11) is 0. The highest BCUT2D eigenvalue weighted by atomic mass is 79.9. The van der Waals surface area contributed by atoms with Crippen LogP contribution in [-0.4, -0.2) is 38.5 Å². The van der Waals surface area contributed by atoms with Gasteiger partial charge in [0, 0.05) is 24.2 Å². The summed E-state index contributed by atoms with van der Waals surface area (Å²) in [5.41, 5.74) is 1.69. The monoisotopic (exact) mass is 336 g/mol. The maximum atomic E-state index is 9.30. The molecule has 2 aliphatic rings. The van der Waals surface area contributed by atoms with Crippen molar-refractivity contribution in [2.24, 2.45) is 0 Å². The predicted molar refractivity (Wildman–Crippen MR) is 79.8 cm³/mol. The summed E-state index contributed by atoms with van der Waals surface area (Å²) in [5.74, 6) is 0. The van der Waals surface area contributed by atoms with Gasteiger partial charge in [-0.3, -0.25) is 0 Å². The second kappa shape index (κ2) is 6.13. The zero-order chi connectivity index (χ0) is 13.9. The highest BCUT2D eigenvalue weighted by Gasteiger charge is 2.31. The molecule has 5 heteroatoms. The molecule has 0 bridgehead atoms. The van der Waals surface area contributed by atoms with Crippen molar-refractivity contribution in [2.75, 3.05) is 31.2 Å². The molecule has 0 amide bonds. The van der Waals surface area contributed by atoms with Crippen molar-refractivity contribution in [1.29, 1.82) is 5.26 Å². The molecule has 2 aliphatic heterocycles. The van der Waals surface area contributed by atoms with Gasteiger partial charge in [0.25, 0.3) is 0 Å². The largest absolute Gasteiger partial charge is 0.375 e. The SMILES string of the molecule is N#Cc1cc(Br)ccc1N1CCOC(C2CCCO2)C1. The van der Waals surface area contributed by atoms with Crippen molar-refractivity contribution in [3.63, 3.8) is 0 Å². The molecule has 0 spiro atoms. The molecule has 20 heavy (non-hydrogen) atoms. The summed E-state index contributed by atoms with van der Waals surface area (Å²) < 4.78 is 12.5. The van der Waals surface area contributed by atoms with Crippen LogP contribution >= 0.6 is 15.9 Å². The Hall–Kier alpha value is -1.09. The molecule has 0 aromatic heterocycles. The first-order valence-electron chi connectivity index (χ1n) is 6.96. The minimum Gasteiger partial charge on any atom is -0.375 e. The normalized spacial score (nSPS) is 26.5. The highest BCUT2D eigenvalue weighted by Crippen LogP contribution is 2.28. The van der Waals surface area contributed by atoms with E-state index >= 15 is 0 Å². The van der Waals surface area contributed by atoms with Gasteiger partial charge in [-0.2, -0.15) is 5.26 Å². The Bertz CT molecular complexity index is 523. The molecule has 2 fully saturated rings. The number of morpholine rings is 1. The number of hydrogen-bond donors (Lipinski definition) is 0. The minimum absolute atomic E-state index is 0.112. The summed E-state index contributed by atoms with van der Waals surface area (Å²) in [6, 6.07) is 8.12. The van der Waals surface area contributed by atoms with Crippen molar-refractivity contribution < 1.29 is 9.47 Å². The van der Waals surface area contributed by atoms with Crippen LogP contribution in [0.25, 0.3) is 0 Å². The van der Waals surface area contributed by atoms with Gasteiger partial charge in [-0.15, -0.1) is 0 Å². The van der Waals surface area contributed by atoms with Gasteiger partial charge in [0.15, 0.2) is 0 Å². The van der Waals surface area contributed by atoms with Gasteiger partial charge in [-0.1, -0.05) is 15.9 Å². The molecule has 2 atom stereocenters. The van der Waals surface area contributed by atoms with E-state index in [1.165, 1.54) is 0 Å². The van der Waals surface area contributed by atoms with E-state index in [0.29, 0.717) is 12.2 Å². The fourth-order valence-corrected chi connectivity index (χ4v) is 3.25. The van der Waals surface area contributed by atoms with Crippen molar-refractivity contribution in [3.8, 4) is 6.07 Å². The Morgan fingerprint density at radius 3 is 2.85 bits per heavy atom. The van der Waals surface area contributed by atoms with Crippen LogP contribution in [0.1, 0.15) is 18.4 Å². The lowest BCUT2D eigenvalue weighted by molar-refractivity contribution is -0.0543. The molecule has 2 heterocycles. The third-order valence-corrected chi connectivity index (χ3v) is 4.39. The van der Waals surface area contributed by atoms with Crippen LogP contribution in [0.15, 0.2) is 22.7 Å². The maximum Gasteiger partial charge on any atom is 0.101 e. The van der Waals surface area contributed by atoms with E-state index in [9.17, 15) is 5.26 Å². The smallest absolute Gasteiger partial charge is 0.101 e. The third-order valence-electron chi connectivity index (χ3n) is 3.89. The van der Waals surface area contributed by atoms with E-state index in [0.717, 1.165) is 42.7 Å². The van der Waals surface area contributed by atoms with Crippen molar-refractivity contribution >= 4 is 21.6 Å². The Kier molecular flexibility index (Phi) is 4.25. The Balaban J connectivity index is 1.78. The molecule has 0 saturated carbocycles. The van der Waals surface area contributed by atoms with Crippen LogP contribution in [0.4, 0.5) is 5.69 Å². The molecular formula is C15H17BrN2O2. The van der Waals surface area contributed by atoms with Crippen molar-refractivity contribution in [2.45, 2.75) is 25.0 Å². The average Bonchev–Trinajstić information content (AvgIpc) is 3.01. The van der Waals surface area contributed by atoms with E-state index in [1.807, 2.05) is 18.2 Å². The second-order valence-electron chi connectivity index (χ2n) is 5.18. The number of rotatable bonds is 2. The second-order valence-corrected chi connectivity index (χ2v) is 6.10. The molecule has 1 aromatic rings. The van der Waals surface area contributed by atoms with Crippen LogP contribution in [-0.2, 0) is 9.47 Å². The molecule has 1 aromatic carbocycles. The molecule has 2 saturated heterocycles. The van der Waals surface area contributed by atoms with Crippen LogP contribution in [0, 0.1) is 11.3 Å². The molecule has 0 N–H and O–H groups in total. The molecule has 0 aliphatic carbocycles. The Morgan fingerprint density at radius 2 is 2.10 bits per heavy atom. The van der Waals surface area contributed by atoms with Crippen LogP contribution in [0.5, 0.6) is 0 Å². The van der Waals surface area contributed by atoms with E-state index < -0.39 is 0 Å². The summed E-state index contributed by atoms with van der Waals surface area (Å²) in [6.45, 7) is 3.14. The molecule has 4 nitrogen and oxygen atoms in total. The molecule has 106 valence electrons. The first-order chi connectivity index (χ1) is 9.78. The van der Waals surface area contributed by atoms with Gasteiger partial charge < -0.3 is 14.4 Å².